The maximum absolute atomic E-state index is 9.81. The van der Waals surface area contributed by atoms with Crippen LogP contribution in [0, 0.1) is 13.8 Å². The molecular formula is C17H19BrO2. The average molecular weight is 335 g/mol. The molecule has 0 aliphatic carbocycles. The molecule has 2 aromatic rings. The number of ether oxygens (including phenoxy) is 1. The monoisotopic (exact) mass is 334 g/mol. The van der Waals surface area contributed by atoms with E-state index in [2.05, 4.69) is 48.0 Å². The van der Waals surface area contributed by atoms with E-state index in [1.54, 1.807) is 6.92 Å². The highest BCUT2D eigenvalue weighted by molar-refractivity contribution is 9.10. The molecule has 3 heteroatoms. The summed E-state index contributed by atoms with van der Waals surface area (Å²) in [6.07, 6.45) is -0.545. The summed E-state index contributed by atoms with van der Waals surface area (Å²) in [6, 6.07) is 11.9. The molecule has 0 amide bonds. The molecule has 0 spiro atoms. The fourth-order valence-electron chi connectivity index (χ4n) is 2.20. The van der Waals surface area contributed by atoms with Crippen LogP contribution in [0.25, 0.3) is 0 Å². The lowest BCUT2D eigenvalue weighted by atomic mass is 10.0. The van der Waals surface area contributed by atoms with Crippen LogP contribution in [0.3, 0.4) is 0 Å². The third-order valence-corrected chi connectivity index (χ3v) is 3.94. The van der Waals surface area contributed by atoms with E-state index >= 15 is 0 Å². The van der Waals surface area contributed by atoms with E-state index in [1.165, 1.54) is 16.7 Å². The van der Waals surface area contributed by atoms with Crippen LogP contribution in [-0.4, -0.2) is 5.11 Å². The molecule has 2 nitrogen and oxygen atoms in total. The second kappa shape index (κ2) is 6.42. The van der Waals surface area contributed by atoms with Crippen molar-refractivity contribution in [3.05, 3.63) is 63.1 Å². The fourth-order valence-corrected chi connectivity index (χ4v) is 2.54. The molecule has 1 unspecified atom stereocenters. The van der Waals surface area contributed by atoms with E-state index in [-0.39, 0.29) is 0 Å². The lowest BCUT2D eigenvalue weighted by molar-refractivity contribution is 0.190. The number of hydrogen-bond acceptors (Lipinski definition) is 2. The number of rotatable bonds is 4. The van der Waals surface area contributed by atoms with Crippen LogP contribution in [0.5, 0.6) is 5.75 Å². The van der Waals surface area contributed by atoms with Crippen LogP contribution in [0.1, 0.15) is 35.3 Å². The van der Waals surface area contributed by atoms with Gasteiger partial charge in [0.15, 0.2) is 0 Å². The molecule has 0 aliphatic rings. The Balaban J connectivity index is 2.25. The first-order chi connectivity index (χ1) is 9.49. The van der Waals surface area contributed by atoms with Crippen molar-refractivity contribution in [3.8, 4) is 5.75 Å². The first kappa shape index (κ1) is 15.1. The predicted octanol–water partition coefficient (Wildman–Crippen LogP) is 4.70. The summed E-state index contributed by atoms with van der Waals surface area (Å²) in [6.45, 7) is 6.42. The van der Waals surface area contributed by atoms with Crippen molar-refractivity contribution in [1.82, 2.24) is 0 Å². The van der Waals surface area contributed by atoms with E-state index in [9.17, 15) is 5.11 Å². The zero-order chi connectivity index (χ0) is 14.7. The Morgan fingerprint density at radius 1 is 1.15 bits per heavy atom. The summed E-state index contributed by atoms with van der Waals surface area (Å²) < 4.78 is 6.88. The van der Waals surface area contributed by atoms with Crippen molar-refractivity contribution < 1.29 is 9.84 Å². The van der Waals surface area contributed by atoms with Gasteiger partial charge >= 0.3 is 0 Å². The van der Waals surface area contributed by atoms with E-state index in [0.717, 1.165) is 15.8 Å². The predicted molar refractivity (Wildman–Crippen MR) is 85.0 cm³/mol. The van der Waals surface area contributed by atoms with E-state index < -0.39 is 6.10 Å². The van der Waals surface area contributed by atoms with Crippen LogP contribution in [0.2, 0.25) is 0 Å². The zero-order valence-electron chi connectivity index (χ0n) is 12.0. The molecule has 20 heavy (non-hydrogen) atoms. The van der Waals surface area contributed by atoms with Crippen molar-refractivity contribution in [2.45, 2.75) is 33.5 Å². The van der Waals surface area contributed by atoms with Gasteiger partial charge in [-0.3, -0.25) is 0 Å². The Bertz CT molecular complexity index is 586. The highest BCUT2D eigenvalue weighted by Crippen LogP contribution is 2.29. The zero-order valence-corrected chi connectivity index (χ0v) is 13.6. The SMILES string of the molecule is Cc1cccc(C)c1COc1cc(Br)ccc1C(C)O. The van der Waals surface area contributed by atoms with Gasteiger partial charge in [0.25, 0.3) is 0 Å². The van der Waals surface area contributed by atoms with Crippen LogP contribution in [0.15, 0.2) is 40.9 Å². The summed E-state index contributed by atoms with van der Waals surface area (Å²) in [7, 11) is 0. The lowest BCUT2D eigenvalue weighted by Crippen LogP contribution is -2.03. The first-order valence-electron chi connectivity index (χ1n) is 6.64. The van der Waals surface area contributed by atoms with Gasteiger partial charge in [0.1, 0.15) is 12.4 Å². The lowest BCUT2D eigenvalue weighted by Gasteiger charge is -2.16. The molecule has 2 aromatic carbocycles. The van der Waals surface area contributed by atoms with Crippen molar-refractivity contribution >= 4 is 15.9 Å². The van der Waals surface area contributed by atoms with Crippen molar-refractivity contribution in [2.75, 3.05) is 0 Å². The molecular weight excluding hydrogens is 316 g/mol. The van der Waals surface area contributed by atoms with Gasteiger partial charge in [-0.15, -0.1) is 0 Å². The van der Waals surface area contributed by atoms with Gasteiger partial charge < -0.3 is 9.84 Å². The second-order valence-corrected chi connectivity index (χ2v) is 5.93. The van der Waals surface area contributed by atoms with Crippen LogP contribution in [-0.2, 0) is 6.61 Å². The summed E-state index contributed by atoms with van der Waals surface area (Å²) in [5, 5.41) is 9.81. The minimum Gasteiger partial charge on any atom is -0.488 e. The van der Waals surface area contributed by atoms with Crippen LogP contribution < -0.4 is 4.74 Å². The van der Waals surface area contributed by atoms with Gasteiger partial charge in [0.05, 0.1) is 6.10 Å². The van der Waals surface area contributed by atoms with E-state index in [4.69, 9.17) is 4.74 Å². The van der Waals surface area contributed by atoms with Crippen LogP contribution in [0.4, 0.5) is 0 Å². The normalized spacial score (nSPS) is 12.2. The molecule has 0 aliphatic heterocycles. The number of benzene rings is 2. The minimum atomic E-state index is -0.545. The second-order valence-electron chi connectivity index (χ2n) is 5.02. The number of aryl methyl sites for hydroxylation is 2. The first-order valence-corrected chi connectivity index (χ1v) is 7.43. The fraction of sp³-hybridized carbons (Fsp3) is 0.294. The average Bonchev–Trinajstić information content (AvgIpc) is 2.37. The molecule has 0 radical (unpaired) electrons. The molecule has 0 aromatic heterocycles. The molecule has 106 valence electrons. The van der Waals surface area contributed by atoms with Crippen molar-refractivity contribution in [1.29, 1.82) is 0 Å². The number of aliphatic hydroxyl groups excluding tert-OH is 1. The highest BCUT2D eigenvalue weighted by atomic mass is 79.9. The molecule has 2 rings (SSSR count). The summed E-state index contributed by atoms with van der Waals surface area (Å²) in [4.78, 5) is 0. The topological polar surface area (TPSA) is 29.5 Å². The quantitative estimate of drug-likeness (QED) is 0.878. The van der Waals surface area contributed by atoms with Gasteiger partial charge in [0, 0.05) is 10.0 Å². The summed E-state index contributed by atoms with van der Waals surface area (Å²) in [5.41, 5.74) is 4.45. The highest BCUT2D eigenvalue weighted by Gasteiger charge is 2.11. The van der Waals surface area contributed by atoms with Crippen LogP contribution >= 0.6 is 15.9 Å². The molecule has 0 bridgehead atoms. The molecule has 1 atom stereocenters. The molecule has 0 fully saturated rings. The third kappa shape index (κ3) is 3.41. The van der Waals surface area contributed by atoms with Gasteiger partial charge in [-0.1, -0.05) is 40.2 Å². The van der Waals surface area contributed by atoms with E-state index in [1.807, 2.05) is 18.2 Å². The summed E-state index contributed by atoms with van der Waals surface area (Å²) >= 11 is 3.44. The molecule has 1 N–H and O–H groups in total. The Labute approximate surface area is 128 Å². The Morgan fingerprint density at radius 3 is 2.40 bits per heavy atom. The minimum absolute atomic E-state index is 0.509. The standard InChI is InChI=1S/C17H19BrO2/c1-11-5-4-6-12(2)16(11)10-20-17-9-14(18)7-8-15(17)13(3)19/h4-9,13,19H,10H2,1-3H3. The maximum Gasteiger partial charge on any atom is 0.126 e. The number of halogens is 1. The Morgan fingerprint density at radius 2 is 1.80 bits per heavy atom. The van der Waals surface area contributed by atoms with Gasteiger partial charge in [-0.2, -0.15) is 0 Å². The number of hydrogen-bond donors (Lipinski definition) is 1. The van der Waals surface area contributed by atoms with Gasteiger partial charge in [-0.25, -0.2) is 0 Å². The molecule has 0 heterocycles. The molecule has 0 saturated carbocycles. The maximum atomic E-state index is 9.81. The molecule has 0 saturated heterocycles. The Kier molecular flexibility index (Phi) is 4.84. The summed E-state index contributed by atoms with van der Waals surface area (Å²) in [5.74, 6) is 0.719. The Hall–Kier alpha value is -1.32. The number of aliphatic hydroxyl groups is 1. The smallest absolute Gasteiger partial charge is 0.126 e. The van der Waals surface area contributed by atoms with E-state index in [0.29, 0.717) is 6.61 Å². The van der Waals surface area contributed by atoms with Gasteiger partial charge in [-0.05, 0) is 49.6 Å². The largest absolute Gasteiger partial charge is 0.488 e. The van der Waals surface area contributed by atoms with Crippen molar-refractivity contribution in [3.63, 3.8) is 0 Å². The van der Waals surface area contributed by atoms with Crippen molar-refractivity contribution in [2.24, 2.45) is 0 Å². The third-order valence-electron chi connectivity index (χ3n) is 3.44. The van der Waals surface area contributed by atoms with Gasteiger partial charge in [0.2, 0.25) is 0 Å².